The molecule has 0 saturated heterocycles. The normalized spacial score (nSPS) is 12.5. The lowest BCUT2D eigenvalue weighted by Crippen LogP contribution is -2.39. The lowest BCUT2D eigenvalue weighted by atomic mass is 9.95. The summed E-state index contributed by atoms with van der Waals surface area (Å²) in [5.74, 6) is -0.266. The highest BCUT2D eigenvalue weighted by Gasteiger charge is 2.24. The quantitative estimate of drug-likeness (QED) is 0.527. The number of carbonyl (C=O) groups is 2. The third-order valence-corrected chi connectivity index (χ3v) is 4.92. The fourth-order valence-corrected chi connectivity index (χ4v) is 3.01. The molecule has 2 aromatic rings. The van der Waals surface area contributed by atoms with E-state index in [2.05, 4.69) is 45.1 Å². The third-order valence-electron chi connectivity index (χ3n) is 4.92. The number of hydrogen-bond acceptors (Lipinski definition) is 2. The van der Waals surface area contributed by atoms with Gasteiger partial charge in [-0.15, -0.1) is 0 Å². The molecular weight excluding hydrogens is 386 g/mol. The Labute approximate surface area is 187 Å². The van der Waals surface area contributed by atoms with E-state index in [4.69, 9.17) is 5.11 Å². The van der Waals surface area contributed by atoms with Gasteiger partial charge in [0, 0.05) is 12.0 Å². The minimum absolute atomic E-state index is 0.0231. The van der Waals surface area contributed by atoms with Crippen LogP contribution in [-0.4, -0.2) is 23.0 Å². The molecule has 1 aliphatic rings. The van der Waals surface area contributed by atoms with Gasteiger partial charge in [0.25, 0.3) is 5.91 Å². The Morgan fingerprint density at radius 3 is 1.81 bits per heavy atom. The van der Waals surface area contributed by atoms with Crippen LogP contribution in [0.1, 0.15) is 69.3 Å². The molecule has 0 radical (unpaired) electrons. The lowest BCUT2D eigenvalue weighted by molar-refractivity contribution is -0.137. The molecule has 3 rings (SSSR count). The van der Waals surface area contributed by atoms with Gasteiger partial charge in [0.15, 0.2) is 0 Å². The highest BCUT2D eigenvalue weighted by atomic mass is 16.4. The van der Waals surface area contributed by atoms with Crippen LogP contribution < -0.4 is 5.32 Å². The third kappa shape index (κ3) is 11.2. The van der Waals surface area contributed by atoms with E-state index in [-0.39, 0.29) is 11.9 Å². The van der Waals surface area contributed by atoms with Gasteiger partial charge >= 0.3 is 5.97 Å². The molecule has 0 bridgehead atoms. The maximum atomic E-state index is 12.2. The molecule has 1 fully saturated rings. The number of carbonyl (C=O) groups excluding carboxylic acids is 1. The summed E-state index contributed by atoms with van der Waals surface area (Å²) in [6.45, 7) is 10.4. The van der Waals surface area contributed by atoms with E-state index in [1.807, 2.05) is 55.5 Å². The second-order valence-electron chi connectivity index (χ2n) is 8.15. The van der Waals surface area contributed by atoms with Crippen molar-refractivity contribution >= 4 is 11.9 Å². The number of aryl methyl sites for hydroxylation is 1. The van der Waals surface area contributed by atoms with Gasteiger partial charge in [-0.2, -0.15) is 0 Å². The Kier molecular flexibility index (Phi) is 12.0. The minimum Gasteiger partial charge on any atom is -0.481 e. The van der Waals surface area contributed by atoms with Crippen LogP contribution in [0.25, 0.3) is 0 Å². The van der Waals surface area contributed by atoms with Crippen molar-refractivity contribution in [2.45, 2.75) is 66.3 Å². The van der Waals surface area contributed by atoms with Crippen LogP contribution in [0.15, 0.2) is 71.8 Å². The molecule has 1 unspecified atom stereocenters. The summed E-state index contributed by atoms with van der Waals surface area (Å²) in [7, 11) is 0. The predicted molar refractivity (Wildman–Crippen MR) is 128 cm³/mol. The van der Waals surface area contributed by atoms with E-state index < -0.39 is 5.97 Å². The summed E-state index contributed by atoms with van der Waals surface area (Å²) in [6.07, 6.45) is 3.43. The van der Waals surface area contributed by atoms with Gasteiger partial charge in [-0.25, -0.2) is 0 Å². The summed E-state index contributed by atoms with van der Waals surface area (Å²) >= 11 is 0. The van der Waals surface area contributed by atoms with Crippen LogP contribution in [0, 0.1) is 12.8 Å². The molecule has 1 amide bonds. The Hall–Kier alpha value is -2.88. The molecule has 31 heavy (non-hydrogen) atoms. The van der Waals surface area contributed by atoms with Crippen LogP contribution in [0.3, 0.4) is 0 Å². The standard InChI is InChI=1S/C16H21NO.C7H8.C4H8O2/c1-11(2)15(12(3)13-9-10-13)17-16(18)14-7-5-4-6-8-14;1-7-5-3-2-4-6-7;1-2-3-4(5)6/h4-8,11,15H,9-10H2,1-3H3,(H,17,18);2-6H,1H3;2-3H2,1H3,(H,5,6). The number of allylic oxidation sites excluding steroid dienone is 1. The van der Waals surface area contributed by atoms with Crippen LogP contribution in [0.2, 0.25) is 0 Å². The maximum Gasteiger partial charge on any atom is 0.303 e. The highest BCUT2D eigenvalue weighted by molar-refractivity contribution is 5.94. The van der Waals surface area contributed by atoms with Crippen LogP contribution >= 0.6 is 0 Å². The summed E-state index contributed by atoms with van der Waals surface area (Å²) in [5.41, 5.74) is 4.93. The van der Waals surface area contributed by atoms with Crippen molar-refractivity contribution in [2.24, 2.45) is 5.92 Å². The molecule has 0 spiro atoms. The minimum atomic E-state index is -0.711. The van der Waals surface area contributed by atoms with Gasteiger partial charge in [0.05, 0.1) is 6.04 Å². The van der Waals surface area contributed by atoms with E-state index in [0.29, 0.717) is 12.3 Å². The SMILES string of the molecule is CC(=C1CC1)C(NC(=O)c1ccccc1)C(C)C.CCCC(=O)O.Cc1ccccc1. The number of benzene rings is 2. The first kappa shape index (κ1) is 26.2. The van der Waals surface area contributed by atoms with E-state index in [0.717, 1.165) is 12.0 Å². The molecule has 2 aromatic carbocycles. The Morgan fingerprint density at radius 1 is 0.968 bits per heavy atom. The fourth-order valence-electron chi connectivity index (χ4n) is 3.01. The van der Waals surface area contributed by atoms with Crippen molar-refractivity contribution in [3.8, 4) is 0 Å². The molecule has 1 atom stereocenters. The number of amides is 1. The number of carboxylic acids is 1. The number of nitrogens with one attached hydrogen (secondary N) is 1. The van der Waals surface area contributed by atoms with Gasteiger partial charge in [0.2, 0.25) is 0 Å². The summed E-state index contributed by atoms with van der Waals surface area (Å²) in [5, 5.41) is 11.1. The summed E-state index contributed by atoms with van der Waals surface area (Å²) < 4.78 is 0. The zero-order valence-electron chi connectivity index (χ0n) is 19.5. The first-order valence-electron chi connectivity index (χ1n) is 11.0. The topological polar surface area (TPSA) is 66.4 Å². The monoisotopic (exact) mass is 423 g/mol. The average Bonchev–Trinajstić information content (AvgIpc) is 3.59. The highest BCUT2D eigenvalue weighted by Crippen LogP contribution is 2.34. The molecule has 1 aliphatic carbocycles. The Morgan fingerprint density at radius 2 is 1.48 bits per heavy atom. The number of carboxylic acid groups (broad SMARTS) is 1. The molecular formula is C27H37NO3. The van der Waals surface area contributed by atoms with Gasteiger partial charge in [-0.05, 0) is 51.2 Å². The predicted octanol–water partition coefficient (Wildman–Crippen LogP) is 6.42. The van der Waals surface area contributed by atoms with Gasteiger partial charge in [0.1, 0.15) is 0 Å². The van der Waals surface area contributed by atoms with Crippen molar-refractivity contribution in [1.82, 2.24) is 5.32 Å². The molecule has 0 aliphatic heterocycles. The Bertz CT molecular complexity index is 820. The molecule has 4 heteroatoms. The van der Waals surface area contributed by atoms with E-state index in [1.165, 1.54) is 29.6 Å². The first-order valence-corrected chi connectivity index (χ1v) is 11.0. The number of rotatable bonds is 6. The second kappa shape index (κ2) is 14.2. The molecule has 168 valence electrons. The molecule has 1 saturated carbocycles. The zero-order valence-corrected chi connectivity index (χ0v) is 19.5. The molecule has 0 heterocycles. The maximum absolute atomic E-state index is 12.2. The number of aliphatic carboxylic acids is 1. The van der Waals surface area contributed by atoms with Crippen molar-refractivity contribution in [2.75, 3.05) is 0 Å². The van der Waals surface area contributed by atoms with E-state index >= 15 is 0 Å². The molecule has 4 nitrogen and oxygen atoms in total. The molecule has 0 aromatic heterocycles. The second-order valence-corrected chi connectivity index (χ2v) is 8.15. The Balaban J connectivity index is 0.000000303. The van der Waals surface area contributed by atoms with Crippen molar-refractivity contribution in [3.05, 3.63) is 82.9 Å². The largest absolute Gasteiger partial charge is 0.481 e. The van der Waals surface area contributed by atoms with Gasteiger partial charge < -0.3 is 10.4 Å². The lowest BCUT2D eigenvalue weighted by Gasteiger charge is -2.23. The van der Waals surface area contributed by atoms with Crippen LogP contribution in [0.5, 0.6) is 0 Å². The summed E-state index contributed by atoms with van der Waals surface area (Å²) in [6, 6.07) is 19.8. The summed E-state index contributed by atoms with van der Waals surface area (Å²) in [4.78, 5) is 21.8. The molecule has 2 N–H and O–H groups in total. The fraction of sp³-hybridized carbons (Fsp3) is 0.407. The van der Waals surface area contributed by atoms with Gasteiger partial charge in [-0.3, -0.25) is 9.59 Å². The smallest absolute Gasteiger partial charge is 0.303 e. The van der Waals surface area contributed by atoms with E-state index in [9.17, 15) is 9.59 Å². The van der Waals surface area contributed by atoms with Gasteiger partial charge in [-0.1, -0.05) is 86.0 Å². The van der Waals surface area contributed by atoms with Crippen LogP contribution in [-0.2, 0) is 4.79 Å². The average molecular weight is 424 g/mol. The van der Waals surface area contributed by atoms with Crippen molar-refractivity contribution in [3.63, 3.8) is 0 Å². The zero-order chi connectivity index (χ0) is 23.2. The van der Waals surface area contributed by atoms with Crippen molar-refractivity contribution in [1.29, 1.82) is 0 Å². The van der Waals surface area contributed by atoms with E-state index in [1.54, 1.807) is 0 Å². The van der Waals surface area contributed by atoms with Crippen LogP contribution in [0.4, 0.5) is 0 Å². The number of hydrogen-bond donors (Lipinski definition) is 2. The first-order chi connectivity index (χ1) is 14.8. The van der Waals surface area contributed by atoms with Crippen molar-refractivity contribution < 1.29 is 14.7 Å².